The van der Waals surface area contributed by atoms with Gasteiger partial charge in [0.05, 0.1) is 25.2 Å². The first-order chi connectivity index (χ1) is 9.72. The lowest BCUT2D eigenvalue weighted by Gasteiger charge is -2.26. The molecule has 2 fully saturated rings. The number of hydrogen-bond donors (Lipinski definition) is 0. The third kappa shape index (κ3) is 1.75. The summed E-state index contributed by atoms with van der Waals surface area (Å²) in [6, 6.07) is 8.56. The Morgan fingerprint density at radius 3 is 3.00 bits per heavy atom. The van der Waals surface area contributed by atoms with Crippen LogP contribution < -0.4 is 0 Å². The predicted octanol–water partition coefficient (Wildman–Crippen LogP) is 1.72. The van der Waals surface area contributed by atoms with E-state index in [4.69, 9.17) is 4.74 Å². The summed E-state index contributed by atoms with van der Waals surface area (Å²) in [6.45, 7) is 1.49. The Kier molecular flexibility index (Phi) is 2.60. The molecule has 0 aliphatic carbocycles. The molecule has 4 rings (SSSR count). The van der Waals surface area contributed by atoms with Crippen molar-refractivity contribution < 1.29 is 9.53 Å². The summed E-state index contributed by atoms with van der Waals surface area (Å²) >= 11 is 0. The van der Waals surface area contributed by atoms with Gasteiger partial charge in [0.1, 0.15) is 0 Å². The van der Waals surface area contributed by atoms with Crippen LogP contribution in [0.4, 0.5) is 0 Å². The van der Waals surface area contributed by atoms with Gasteiger partial charge in [-0.3, -0.25) is 4.79 Å². The zero-order valence-electron chi connectivity index (χ0n) is 11.6. The number of hydrogen-bond acceptors (Lipinski definition) is 2. The minimum absolute atomic E-state index is 0.233. The Balaban J connectivity index is 1.60. The van der Waals surface area contributed by atoms with E-state index in [9.17, 15) is 4.79 Å². The van der Waals surface area contributed by atoms with Crippen molar-refractivity contribution in [3.05, 3.63) is 36.0 Å². The highest BCUT2D eigenvalue weighted by atomic mass is 16.5. The second-order valence-electron chi connectivity index (χ2n) is 5.85. The monoisotopic (exact) mass is 270 g/mol. The minimum Gasteiger partial charge on any atom is -0.374 e. The summed E-state index contributed by atoms with van der Waals surface area (Å²) in [4.78, 5) is 14.5. The maximum absolute atomic E-state index is 12.5. The molecule has 20 heavy (non-hydrogen) atoms. The molecule has 0 unspecified atom stereocenters. The van der Waals surface area contributed by atoms with Crippen LogP contribution in [0.15, 0.2) is 30.5 Å². The quantitative estimate of drug-likeness (QED) is 0.833. The van der Waals surface area contributed by atoms with Gasteiger partial charge < -0.3 is 14.2 Å². The van der Waals surface area contributed by atoms with Crippen LogP contribution in [-0.4, -0.2) is 40.7 Å². The molecule has 1 amide bonds. The van der Waals surface area contributed by atoms with Gasteiger partial charge in [-0.2, -0.15) is 0 Å². The summed E-state index contributed by atoms with van der Waals surface area (Å²) in [5, 5.41) is 1.18. The van der Waals surface area contributed by atoms with Gasteiger partial charge in [0.25, 0.3) is 0 Å². The standard InChI is InChI=1S/C16H18N2O2/c1-17-8-11(14-4-2-3-5-15(14)17)6-16(19)18-9-13-7-12(18)10-20-13/h2-5,8,12-13H,6-7,9-10H2,1H3/t12-,13+/m0/s1. The molecule has 2 aliphatic heterocycles. The maximum Gasteiger partial charge on any atom is 0.227 e. The Labute approximate surface area is 117 Å². The first-order valence-electron chi connectivity index (χ1n) is 7.16. The number of carbonyl (C=O) groups excluding carboxylic acids is 1. The van der Waals surface area contributed by atoms with E-state index in [-0.39, 0.29) is 12.0 Å². The topological polar surface area (TPSA) is 34.5 Å². The van der Waals surface area contributed by atoms with Crippen molar-refractivity contribution in [2.24, 2.45) is 7.05 Å². The fraction of sp³-hybridized carbons (Fsp3) is 0.438. The molecule has 3 heterocycles. The summed E-state index contributed by atoms with van der Waals surface area (Å²) in [7, 11) is 2.03. The van der Waals surface area contributed by atoms with Crippen molar-refractivity contribution in [3.63, 3.8) is 0 Å². The van der Waals surface area contributed by atoms with Crippen LogP contribution in [0.3, 0.4) is 0 Å². The maximum atomic E-state index is 12.5. The number of morpholine rings is 1. The Morgan fingerprint density at radius 1 is 1.40 bits per heavy atom. The zero-order valence-corrected chi connectivity index (χ0v) is 11.6. The van der Waals surface area contributed by atoms with Crippen molar-refractivity contribution in [2.45, 2.75) is 25.0 Å². The molecule has 2 saturated heterocycles. The summed E-state index contributed by atoms with van der Waals surface area (Å²) in [6.07, 6.45) is 3.86. The number of ether oxygens (including phenoxy) is 1. The van der Waals surface area contributed by atoms with Gasteiger partial charge in [-0.1, -0.05) is 18.2 Å². The number of nitrogens with zero attached hydrogens (tertiary/aromatic N) is 2. The van der Waals surface area contributed by atoms with E-state index in [1.54, 1.807) is 0 Å². The number of aryl methyl sites for hydroxylation is 1. The average Bonchev–Trinajstić information content (AvgIpc) is 3.15. The van der Waals surface area contributed by atoms with Gasteiger partial charge in [0, 0.05) is 30.7 Å². The third-order valence-corrected chi connectivity index (χ3v) is 4.54. The fourth-order valence-corrected chi connectivity index (χ4v) is 3.54. The van der Waals surface area contributed by atoms with Crippen LogP contribution in [0.1, 0.15) is 12.0 Å². The number of para-hydroxylation sites is 1. The Bertz CT molecular complexity index is 676. The molecule has 2 aromatic rings. The van der Waals surface area contributed by atoms with E-state index < -0.39 is 0 Å². The number of aromatic nitrogens is 1. The van der Waals surface area contributed by atoms with Gasteiger partial charge in [-0.15, -0.1) is 0 Å². The minimum atomic E-state index is 0.233. The van der Waals surface area contributed by atoms with E-state index in [1.807, 2.05) is 24.1 Å². The lowest BCUT2D eigenvalue weighted by atomic mass is 10.1. The van der Waals surface area contributed by atoms with E-state index in [0.717, 1.165) is 18.5 Å². The predicted molar refractivity (Wildman–Crippen MR) is 76.5 cm³/mol. The van der Waals surface area contributed by atoms with Crippen molar-refractivity contribution >= 4 is 16.8 Å². The molecule has 2 aliphatic rings. The van der Waals surface area contributed by atoms with Gasteiger partial charge in [-0.25, -0.2) is 0 Å². The van der Waals surface area contributed by atoms with E-state index in [2.05, 4.69) is 22.9 Å². The largest absolute Gasteiger partial charge is 0.374 e. The number of rotatable bonds is 2. The SMILES string of the molecule is Cn1cc(CC(=O)N2C[C@H]3C[C@H]2CO3)c2ccccc21. The van der Waals surface area contributed by atoms with Crippen molar-refractivity contribution in [3.8, 4) is 0 Å². The average molecular weight is 270 g/mol. The van der Waals surface area contributed by atoms with Gasteiger partial charge >= 0.3 is 0 Å². The third-order valence-electron chi connectivity index (χ3n) is 4.54. The molecular formula is C16H18N2O2. The molecule has 0 spiro atoms. The normalized spacial score (nSPS) is 24.8. The number of amides is 1. The van der Waals surface area contributed by atoms with Crippen LogP contribution in [-0.2, 0) is 23.0 Å². The molecule has 1 aromatic carbocycles. The zero-order chi connectivity index (χ0) is 13.7. The number of fused-ring (bicyclic) bond motifs is 3. The Hall–Kier alpha value is -1.81. The number of benzene rings is 1. The Morgan fingerprint density at radius 2 is 2.25 bits per heavy atom. The summed E-state index contributed by atoms with van der Waals surface area (Å²) in [5.74, 6) is 0.233. The number of likely N-dealkylation sites (tertiary alicyclic amines) is 1. The van der Waals surface area contributed by atoms with Gasteiger partial charge in [-0.05, 0) is 18.1 Å². The highest BCUT2D eigenvalue weighted by Gasteiger charge is 2.41. The second kappa shape index (κ2) is 4.35. The first kappa shape index (κ1) is 12.0. The smallest absolute Gasteiger partial charge is 0.227 e. The molecule has 0 radical (unpaired) electrons. The summed E-state index contributed by atoms with van der Waals surface area (Å²) in [5.41, 5.74) is 2.30. The molecule has 2 atom stereocenters. The van der Waals surface area contributed by atoms with Crippen LogP contribution in [0.5, 0.6) is 0 Å². The molecule has 104 valence electrons. The van der Waals surface area contributed by atoms with Crippen LogP contribution in [0, 0.1) is 0 Å². The van der Waals surface area contributed by atoms with Crippen molar-refractivity contribution in [2.75, 3.05) is 13.2 Å². The van der Waals surface area contributed by atoms with Gasteiger partial charge in [0.15, 0.2) is 0 Å². The lowest BCUT2D eigenvalue weighted by molar-refractivity contribution is -0.134. The van der Waals surface area contributed by atoms with Gasteiger partial charge in [0.2, 0.25) is 5.91 Å². The first-order valence-corrected chi connectivity index (χ1v) is 7.16. The molecule has 0 saturated carbocycles. The fourth-order valence-electron chi connectivity index (χ4n) is 3.54. The van der Waals surface area contributed by atoms with Crippen molar-refractivity contribution in [1.29, 1.82) is 0 Å². The van der Waals surface area contributed by atoms with E-state index in [1.165, 1.54) is 10.9 Å². The van der Waals surface area contributed by atoms with Crippen LogP contribution in [0.2, 0.25) is 0 Å². The molecule has 0 N–H and O–H groups in total. The molecular weight excluding hydrogens is 252 g/mol. The summed E-state index contributed by atoms with van der Waals surface area (Å²) < 4.78 is 7.65. The van der Waals surface area contributed by atoms with Crippen LogP contribution in [0.25, 0.3) is 10.9 Å². The molecule has 2 bridgehead atoms. The molecule has 1 aromatic heterocycles. The molecule has 4 heteroatoms. The van der Waals surface area contributed by atoms with Crippen LogP contribution >= 0.6 is 0 Å². The molecule has 4 nitrogen and oxygen atoms in total. The van der Waals surface area contributed by atoms with Crippen molar-refractivity contribution in [1.82, 2.24) is 9.47 Å². The second-order valence-corrected chi connectivity index (χ2v) is 5.85. The number of carbonyl (C=O) groups is 1. The van der Waals surface area contributed by atoms with E-state index >= 15 is 0 Å². The lowest BCUT2D eigenvalue weighted by Crippen LogP contribution is -2.42. The highest BCUT2D eigenvalue weighted by Crippen LogP contribution is 2.29. The van der Waals surface area contributed by atoms with E-state index in [0.29, 0.717) is 19.1 Å². The highest BCUT2D eigenvalue weighted by molar-refractivity contribution is 5.89.